The molecule has 1 unspecified atom stereocenters. The smallest absolute Gasteiger partial charge is 0.270 e. The lowest BCUT2D eigenvalue weighted by molar-refractivity contribution is 0.0939. The highest BCUT2D eigenvalue weighted by atomic mass is 32.1. The van der Waals surface area contributed by atoms with E-state index >= 15 is 0 Å². The number of hydrogen-bond acceptors (Lipinski definition) is 5. The molecule has 2 aromatic rings. The number of aromatic nitrogens is 1. The number of rotatable bonds is 7. The molecule has 0 bridgehead atoms. The molecule has 0 spiro atoms. The Morgan fingerprint density at radius 1 is 1.50 bits per heavy atom. The van der Waals surface area contributed by atoms with Gasteiger partial charge in [-0.05, 0) is 23.8 Å². The van der Waals surface area contributed by atoms with E-state index in [1.165, 1.54) is 11.3 Å². The topological polar surface area (TPSA) is 62.2 Å². The zero-order valence-corrected chi connectivity index (χ0v) is 13.0. The first-order valence-electron chi connectivity index (χ1n) is 6.61. The van der Waals surface area contributed by atoms with Gasteiger partial charge in [0.15, 0.2) is 0 Å². The summed E-state index contributed by atoms with van der Waals surface area (Å²) in [5.41, 5.74) is 1.53. The first-order chi connectivity index (χ1) is 9.74. The Labute approximate surface area is 126 Å². The Balaban J connectivity index is 1.93. The molecule has 0 fully saturated rings. The Bertz CT molecular complexity index is 537. The van der Waals surface area contributed by atoms with Crippen LogP contribution in [0.15, 0.2) is 22.2 Å². The quantitative estimate of drug-likeness (QED) is 0.826. The highest BCUT2D eigenvalue weighted by Gasteiger charge is 2.13. The first kappa shape index (κ1) is 15.2. The molecule has 108 valence electrons. The third kappa shape index (κ3) is 3.88. The summed E-state index contributed by atoms with van der Waals surface area (Å²) < 4.78 is 0. The molecule has 0 aliphatic heterocycles. The molecule has 2 aromatic heterocycles. The lowest BCUT2D eigenvalue weighted by Gasteiger charge is -2.13. The SMILES string of the molecule is CCC(CCO)CNC(=O)c1csc(-c2ccsc2)n1. The molecule has 1 amide bonds. The number of carbonyl (C=O) groups excluding carboxylic acids is 1. The molecule has 2 N–H and O–H groups in total. The second-order valence-corrected chi connectivity index (χ2v) is 6.18. The molecule has 2 heterocycles. The predicted octanol–water partition coefficient (Wildman–Crippen LogP) is 3.01. The Morgan fingerprint density at radius 2 is 2.35 bits per heavy atom. The number of thiophene rings is 1. The molecule has 0 saturated carbocycles. The highest BCUT2D eigenvalue weighted by Crippen LogP contribution is 2.25. The van der Waals surface area contributed by atoms with E-state index in [0.717, 1.165) is 17.0 Å². The van der Waals surface area contributed by atoms with Gasteiger partial charge in [0.1, 0.15) is 10.7 Å². The van der Waals surface area contributed by atoms with Crippen LogP contribution in [0.5, 0.6) is 0 Å². The number of thiazole rings is 1. The van der Waals surface area contributed by atoms with Crippen molar-refractivity contribution in [3.63, 3.8) is 0 Å². The van der Waals surface area contributed by atoms with Crippen molar-refractivity contribution < 1.29 is 9.90 Å². The molecule has 0 aliphatic carbocycles. The minimum atomic E-state index is -0.140. The van der Waals surface area contributed by atoms with Gasteiger partial charge in [0.05, 0.1) is 0 Å². The monoisotopic (exact) mass is 310 g/mol. The van der Waals surface area contributed by atoms with Crippen LogP contribution in [0.2, 0.25) is 0 Å². The molecule has 0 radical (unpaired) electrons. The average molecular weight is 310 g/mol. The van der Waals surface area contributed by atoms with Crippen LogP contribution < -0.4 is 5.32 Å². The standard InChI is InChI=1S/C14H18N2O2S2/c1-2-10(3-5-17)7-15-13(18)12-9-20-14(16-12)11-4-6-19-8-11/h4,6,8-10,17H,2-3,5,7H2,1H3,(H,15,18). The fourth-order valence-electron chi connectivity index (χ4n) is 1.86. The second kappa shape index (κ2) is 7.52. The molecule has 0 saturated heterocycles. The van der Waals surface area contributed by atoms with Gasteiger partial charge in [-0.1, -0.05) is 13.3 Å². The number of aliphatic hydroxyl groups excluding tert-OH is 1. The lowest BCUT2D eigenvalue weighted by atomic mass is 10.0. The summed E-state index contributed by atoms with van der Waals surface area (Å²) in [5.74, 6) is 0.179. The summed E-state index contributed by atoms with van der Waals surface area (Å²) in [5, 5.41) is 18.5. The van der Waals surface area contributed by atoms with Crippen molar-refractivity contribution in [3.8, 4) is 10.6 Å². The number of nitrogens with zero attached hydrogens (tertiary/aromatic N) is 1. The van der Waals surface area contributed by atoms with Gasteiger partial charge in [0, 0.05) is 29.5 Å². The van der Waals surface area contributed by atoms with Crippen LogP contribution in [0.25, 0.3) is 10.6 Å². The summed E-state index contributed by atoms with van der Waals surface area (Å²) in [6.07, 6.45) is 1.66. The lowest BCUT2D eigenvalue weighted by Crippen LogP contribution is -2.29. The van der Waals surface area contributed by atoms with E-state index in [4.69, 9.17) is 5.11 Å². The van der Waals surface area contributed by atoms with Crippen molar-refractivity contribution in [3.05, 3.63) is 27.9 Å². The Morgan fingerprint density at radius 3 is 3.00 bits per heavy atom. The molecule has 1 atom stereocenters. The van der Waals surface area contributed by atoms with Gasteiger partial charge in [-0.25, -0.2) is 4.98 Å². The van der Waals surface area contributed by atoms with Crippen LogP contribution >= 0.6 is 22.7 Å². The highest BCUT2D eigenvalue weighted by molar-refractivity contribution is 7.14. The molecule has 20 heavy (non-hydrogen) atoms. The van der Waals surface area contributed by atoms with Crippen molar-refractivity contribution in [1.29, 1.82) is 0 Å². The molecule has 2 rings (SSSR count). The van der Waals surface area contributed by atoms with Gasteiger partial charge >= 0.3 is 0 Å². The Kier molecular flexibility index (Phi) is 5.70. The summed E-state index contributed by atoms with van der Waals surface area (Å²) in [6.45, 7) is 2.80. The molecule has 0 aromatic carbocycles. The third-order valence-corrected chi connectivity index (χ3v) is 4.75. The van der Waals surface area contributed by atoms with E-state index < -0.39 is 0 Å². The zero-order chi connectivity index (χ0) is 14.4. The third-order valence-electron chi connectivity index (χ3n) is 3.17. The summed E-state index contributed by atoms with van der Waals surface area (Å²) in [4.78, 5) is 16.4. The van der Waals surface area contributed by atoms with Gasteiger partial charge in [-0.2, -0.15) is 11.3 Å². The fourth-order valence-corrected chi connectivity index (χ4v) is 3.37. The zero-order valence-electron chi connectivity index (χ0n) is 11.3. The van der Waals surface area contributed by atoms with Crippen LogP contribution in [0.4, 0.5) is 0 Å². The fraction of sp³-hybridized carbons (Fsp3) is 0.429. The van der Waals surface area contributed by atoms with Crippen LogP contribution in [0.1, 0.15) is 30.3 Å². The maximum absolute atomic E-state index is 12.0. The molecule has 6 heteroatoms. The maximum Gasteiger partial charge on any atom is 0.270 e. The van der Waals surface area contributed by atoms with Crippen molar-refractivity contribution in [2.24, 2.45) is 5.92 Å². The van der Waals surface area contributed by atoms with Crippen LogP contribution in [0.3, 0.4) is 0 Å². The maximum atomic E-state index is 12.0. The van der Waals surface area contributed by atoms with Crippen molar-refractivity contribution >= 4 is 28.6 Å². The minimum Gasteiger partial charge on any atom is -0.396 e. The van der Waals surface area contributed by atoms with Crippen molar-refractivity contribution in [2.45, 2.75) is 19.8 Å². The van der Waals surface area contributed by atoms with Gasteiger partial charge in [-0.15, -0.1) is 11.3 Å². The number of aliphatic hydroxyl groups is 1. The minimum absolute atomic E-state index is 0.140. The average Bonchev–Trinajstić information content (AvgIpc) is 3.12. The molecule has 4 nitrogen and oxygen atoms in total. The van der Waals surface area contributed by atoms with Gasteiger partial charge in [-0.3, -0.25) is 4.79 Å². The van der Waals surface area contributed by atoms with E-state index in [9.17, 15) is 4.79 Å². The molecular weight excluding hydrogens is 292 g/mol. The van der Waals surface area contributed by atoms with Crippen LogP contribution in [-0.2, 0) is 0 Å². The number of carbonyl (C=O) groups is 1. The normalized spacial score (nSPS) is 12.3. The number of amides is 1. The van der Waals surface area contributed by atoms with Gasteiger partial charge < -0.3 is 10.4 Å². The van der Waals surface area contributed by atoms with E-state index in [0.29, 0.717) is 24.6 Å². The van der Waals surface area contributed by atoms with Crippen LogP contribution in [-0.4, -0.2) is 29.1 Å². The summed E-state index contributed by atoms with van der Waals surface area (Å²) in [6, 6.07) is 2.00. The Hall–Kier alpha value is -1.24. The van der Waals surface area contributed by atoms with Crippen molar-refractivity contribution in [1.82, 2.24) is 10.3 Å². The number of hydrogen-bond donors (Lipinski definition) is 2. The largest absolute Gasteiger partial charge is 0.396 e. The van der Waals surface area contributed by atoms with E-state index in [-0.39, 0.29) is 12.5 Å². The van der Waals surface area contributed by atoms with Gasteiger partial charge in [0.2, 0.25) is 0 Å². The van der Waals surface area contributed by atoms with E-state index in [1.807, 2.05) is 16.8 Å². The number of nitrogens with one attached hydrogen (secondary N) is 1. The van der Waals surface area contributed by atoms with Crippen LogP contribution in [0, 0.1) is 5.92 Å². The van der Waals surface area contributed by atoms with E-state index in [1.54, 1.807) is 16.7 Å². The first-order valence-corrected chi connectivity index (χ1v) is 8.44. The van der Waals surface area contributed by atoms with Crippen molar-refractivity contribution in [2.75, 3.05) is 13.2 Å². The predicted molar refractivity (Wildman–Crippen MR) is 83.2 cm³/mol. The molecule has 0 aliphatic rings. The summed E-state index contributed by atoms with van der Waals surface area (Å²) >= 11 is 3.10. The van der Waals surface area contributed by atoms with E-state index in [2.05, 4.69) is 17.2 Å². The molecular formula is C14H18N2O2S2. The summed E-state index contributed by atoms with van der Waals surface area (Å²) in [7, 11) is 0. The second-order valence-electron chi connectivity index (χ2n) is 4.55. The van der Waals surface area contributed by atoms with Gasteiger partial charge in [0.25, 0.3) is 5.91 Å².